The number of hydrogen-bond acceptors (Lipinski definition) is 0. The third-order valence-electron chi connectivity index (χ3n) is 2.32. The highest BCUT2D eigenvalue weighted by Crippen LogP contribution is 2.37. The molecule has 1 aliphatic rings. The van der Waals surface area contributed by atoms with Gasteiger partial charge in [-0.2, -0.15) is 0 Å². The molecule has 1 rings (SSSR count). The lowest BCUT2D eigenvalue weighted by molar-refractivity contribution is 0.339. The molecule has 0 aromatic carbocycles. The van der Waals surface area contributed by atoms with Gasteiger partial charge in [-0.05, 0) is 38.5 Å². The van der Waals surface area contributed by atoms with E-state index in [1.165, 1.54) is 25.7 Å². The van der Waals surface area contributed by atoms with Gasteiger partial charge in [0.25, 0.3) is 0 Å². The summed E-state index contributed by atoms with van der Waals surface area (Å²) in [6.45, 7) is 8.65. The van der Waals surface area contributed by atoms with E-state index < -0.39 is 0 Å². The third-order valence-corrected chi connectivity index (χ3v) is 3.11. The molecule has 0 aromatic rings. The van der Waals surface area contributed by atoms with Crippen LogP contribution >= 0.6 is 15.9 Å². The maximum absolute atomic E-state index is 3.72. The highest BCUT2D eigenvalue weighted by molar-refractivity contribution is 9.10. The number of hydrogen-bond donors (Lipinski definition) is 0. The summed E-state index contributed by atoms with van der Waals surface area (Å²) in [6, 6.07) is 0. The van der Waals surface area contributed by atoms with Gasteiger partial charge in [0.15, 0.2) is 0 Å². The van der Waals surface area contributed by atoms with E-state index in [-0.39, 0.29) is 0 Å². The van der Waals surface area contributed by atoms with E-state index >= 15 is 0 Å². The molecule has 1 heteroatoms. The fourth-order valence-corrected chi connectivity index (χ4v) is 1.82. The molecule has 11 heavy (non-hydrogen) atoms. The topological polar surface area (TPSA) is 0 Å². The molecule has 0 aromatic heterocycles. The van der Waals surface area contributed by atoms with Crippen molar-refractivity contribution in [3.8, 4) is 0 Å². The zero-order valence-electron chi connectivity index (χ0n) is 8.28. The van der Waals surface area contributed by atoms with Crippen LogP contribution in [0, 0.1) is 5.92 Å². The van der Waals surface area contributed by atoms with Crippen LogP contribution in [-0.4, -0.2) is 4.32 Å². The highest BCUT2D eigenvalue weighted by Gasteiger charge is 2.25. The average Bonchev–Trinajstić information content (AvgIpc) is 2.00. The van der Waals surface area contributed by atoms with E-state index in [0.29, 0.717) is 4.32 Å². The molecule has 0 unspecified atom stereocenters. The highest BCUT2D eigenvalue weighted by atomic mass is 79.9. The Labute approximate surface area is 79.9 Å². The van der Waals surface area contributed by atoms with E-state index in [9.17, 15) is 0 Å². The molecule has 0 saturated heterocycles. The molecular formula is C10H21Br. The minimum absolute atomic E-state index is 0.472. The number of rotatable bonds is 0. The molecule has 0 atom stereocenters. The van der Waals surface area contributed by atoms with Crippen LogP contribution in [0.2, 0.25) is 0 Å². The Bertz CT molecular complexity index is 87.0. The average molecular weight is 221 g/mol. The van der Waals surface area contributed by atoms with E-state index in [1.54, 1.807) is 0 Å². The summed E-state index contributed by atoms with van der Waals surface area (Å²) in [5.74, 6) is 0.968. The second kappa shape index (κ2) is 5.18. The van der Waals surface area contributed by atoms with Crippen LogP contribution < -0.4 is 0 Å². The molecule has 1 fully saturated rings. The molecule has 0 amide bonds. The maximum atomic E-state index is 3.72. The predicted molar refractivity (Wildman–Crippen MR) is 56.3 cm³/mol. The molecule has 0 N–H and O–H groups in total. The number of alkyl halides is 1. The normalized spacial score (nSPS) is 37.4. The molecule has 68 valence electrons. The first kappa shape index (κ1) is 11.5. The summed E-state index contributed by atoms with van der Waals surface area (Å²) in [4.78, 5) is 0. The van der Waals surface area contributed by atoms with Crippen molar-refractivity contribution < 1.29 is 0 Å². The Hall–Kier alpha value is 0.480. The van der Waals surface area contributed by atoms with Crippen molar-refractivity contribution in [2.24, 2.45) is 5.92 Å². The fourth-order valence-electron chi connectivity index (χ4n) is 1.36. The summed E-state index contributed by atoms with van der Waals surface area (Å²) < 4.78 is 0.472. The van der Waals surface area contributed by atoms with Crippen LogP contribution in [0.3, 0.4) is 0 Å². The molecule has 0 heterocycles. The fraction of sp³-hybridized carbons (Fsp3) is 1.00. The Morgan fingerprint density at radius 1 is 1.18 bits per heavy atom. The van der Waals surface area contributed by atoms with Gasteiger partial charge in [-0.15, -0.1) is 0 Å². The van der Waals surface area contributed by atoms with Crippen molar-refractivity contribution in [3.05, 3.63) is 0 Å². The summed E-state index contributed by atoms with van der Waals surface area (Å²) in [5.41, 5.74) is 0. The summed E-state index contributed by atoms with van der Waals surface area (Å²) in [6.07, 6.45) is 5.52. The van der Waals surface area contributed by atoms with E-state index in [4.69, 9.17) is 0 Å². The maximum Gasteiger partial charge on any atom is 0.0230 e. The predicted octanol–water partition coefficient (Wildman–Crippen LogP) is 4.38. The largest absolute Gasteiger partial charge is 0.0856 e. The standard InChI is InChI=1S/C8H15Br.C2H6/c1-7-3-5-8(2,9)6-4-7;1-2/h7H,3-6H2,1-2H3;1-2H3. The lowest BCUT2D eigenvalue weighted by Crippen LogP contribution is -2.22. The van der Waals surface area contributed by atoms with Gasteiger partial charge < -0.3 is 0 Å². The molecule has 0 bridgehead atoms. The van der Waals surface area contributed by atoms with Crippen molar-refractivity contribution in [2.45, 2.75) is 57.7 Å². The van der Waals surface area contributed by atoms with E-state index in [1.807, 2.05) is 13.8 Å². The van der Waals surface area contributed by atoms with Crippen LogP contribution in [0.1, 0.15) is 53.4 Å². The van der Waals surface area contributed by atoms with Gasteiger partial charge in [0.05, 0.1) is 0 Å². The Kier molecular flexibility index (Phi) is 5.41. The second-order valence-electron chi connectivity index (χ2n) is 3.60. The molecule has 0 radical (unpaired) electrons. The number of halogens is 1. The first-order chi connectivity index (χ1) is 5.10. The lowest BCUT2D eigenvalue weighted by atomic mass is 9.84. The van der Waals surface area contributed by atoms with E-state index in [2.05, 4.69) is 29.8 Å². The van der Waals surface area contributed by atoms with E-state index in [0.717, 1.165) is 5.92 Å². The van der Waals surface area contributed by atoms with Crippen LogP contribution in [0.15, 0.2) is 0 Å². The Morgan fingerprint density at radius 3 is 1.82 bits per heavy atom. The van der Waals surface area contributed by atoms with Crippen molar-refractivity contribution in [1.29, 1.82) is 0 Å². The minimum atomic E-state index is 0.472. The summed E-state index contributed by atoms with van der Waals surface area (Å²) >= 11 is 3.72. The van der Waals surface area contributed by atoms with Crippen molar-refractivity contribution in [2.75, 3.05) is 0 Å². The third kappa shape index (κ3) is 4.84. The van der Waals surface area contributed by atoms with Gasteiger partial charge >= 0.3 is 0 Å². The Balaban J connectivity index is 0.000000461. The first-order valence-corrected chi connectivity index (χ1v) is 5.58. The van der Waals surface area contributed by atoms with Crippen LogP contribution in [0.5, 0.6) is 0 Å². The molecular weight excluding hydrogens is 200 g/mol. The lowest BCUT2D eigenvalue weighted by Gasteiger charge is -2.30. The minimum Gasteiger partial charge on any atom is -0.0856 e. The van der Waals surface area contributed by atoms with Gasteiger partial charge in [0.1, 0.15) is 0 Å². The van der Waals surface area contributed by atoms with Gasteiger partial charge in [-0.25, -0.2) is 0 Å². The Morgan fingerprint density at radius 2 is 1.55 bits per heavy atom. The first-order valence-electron chi connectivity index (χ1n) is 4.79. The van der Waals surface area contributed by atoms with Crippen molar-refractivity contribution >= 4 is 15.9 Å². The summed E-state index contributed by atoms with van der Waals surface area (Å²) in [5, 5.41) is 0. The molecule has 1 aliphatic carbocycles. The van der Waals surface area contributed by atoms with Gasteiger partial charge in [0, 0.05) is 4.32 Å². The molecule has 0 nitrogen and oxygen atoms in total. The molecule has 0 spiro atoms. The molecule has 1 saturated carbocycles. The zero-order chi connectivity index (χ0) is 8.91. The second-order valence-corrected chi connectivity index (χ2v) is 5.51. The smallest absolute Gasteiger partial charge is 0.0230 e. The van der Waals surface area contributed by atoms with Crippen LogP contribution in [-0.2, 0) is 0 Å². The van der Waals surface area contributed by atoms with Gasteiger partial charge in [0.2, 0.25) is 0 Å². The van der Waals surface area contributed by atoms with Crippen molar-refractivity contribution in [1.82, 2.24) is 0 Å². The van der Waals surface area contributed by atoms with Crippen molar-refractivity contribution in [3.63, 3.8) is 0 Å². The van der Waals surface area contributed by atoms with Gasteiger partial charge in [-0.3, -0.25) is 0 Å². The SMILES string of the molecule is CC.CC1CCC(C)(Br)CC1. The van der Waals surface area contributed by atoms with Crippen LogP contribution in [0.4, 0.5) is 0 Å². The monoisotopic (exact) mass is 220 g/mol. The van der Waals surface area contributed by atoms with Gasteiger partial charge in [-0.1, -0.05) is 36.7 Å². The molecule has 0 aliphatic heterocycles. The quantitative estimate of drug-likeness (QED) is 0.532. The summed E-state index contributed by atoms with van der Waals surface area (Å²) in [7, 11) is 0. The van der Waals surface area contributed by atoms with Crippen LogP contribution in [0.25, 0.3) is 0 Å². The zero-order valence-corrected chi connectivity index (χ0v) is 9.87.